The number of rotatable bonds is 11. The molecule has 4 amide bonds. The minimum Gasteiger partial charge on any atom is -0.465 e. The second-order valence-corrected chi connectivity index (χ2v) is 17.6. The number of carbonyl (C=O) groups is 4. The first-order chi connectivity index (χ1) is 29.9. The molecule has 62 heavy (non-hydrogen) atoms. The maximum Gasteiger partial charge on any atom is 0.407 e. The van der Waals surface area contributed by atoms with Crippen molar-refractivity contribution in [2.24, 2.45) is 11.8 Å². The van der Waals surface area contributed by atoms with Crippen molar-refractivity contribution in [3.63, 3.8) is 0 Å². The SMILES string of the molecule is COC(=O)N[C@H](C(=O)N1CCC[C@H]1c1nc2ccc(-c3ccc(-c4ccc(-c5cnc([C@@H]6CCCN6C(=O)[C@@H](NC(=O)O)C(C)C)[nH]5)cn4)c4c3C3CCC4O3)cc2[nH]1)C(C)C. The molecule has 9 rings (SSSR count). The lowest BCUT2D eigenvalue weighted by Crippen LogP contribution is -2.51. The van der Waals surface area contributed by atoms with Crippen LogP contribution in [0.1, 0.15) is 113 Å². The summed E-state index contributed by atoms with van der Waals surface area (Å²) in [6.45, 7) is 8.60. The van der Waals surface area contributed by atoms with Gasteiger partial charge >= 0.3 is 12.2 Å². The highest BCUT2D eigenvalue weighted by molar-refractivity contribution is 5.88. The van der Waals surface area contributed by atoms with E-state index in [-0.39, 0.29) is 47.9 Å². The summed E-state index contributed by atoms with van der Waals surface area (Å²) in [7, 11) is 1.29. The quantitative estimate of drug-likeness (QED) is 0.0880. The van der Waals surface area contributed by atoms with Gasteiger partial charge in [-0.05, 0) is 96.9 Å². The number of aromatic nitrogens is 5. The van der Waals surface area contributed by atoms with Gasteiger partial charge < -0.3 is 45.0 Å². The van der Waals surface area contributed by atoms with Crippen LogP contribution in [-0.4, -0.2) is 96.1 Å². The van der Waals surface area contributed by atoms with Crippen LogP contribution in [0.15, 0.2) is 54.9 Å². The number of amides is 4. The molecule has 3 saturated heterocycles. The Morgan fingerprint density at radius 3 is 2.02 bits per heavy atom. The third-order valence-electron chi connectivity index (χ3n) is 13.0. The first kappa shape index (κ1) is 41.1. The number of methoxy groups -OCH3 is 1. The van der Waals surface area contributed by atoms with Gasteiger partial charge in [0.25, 0.3) is 0 Å². The Morgan fingerprint density at radius 1 is 0.758 bits per heavy atom. The Balaban J connectivity index is 0.954. The number of hydrogen-bond acceptors (Lipinski definition) is 9. The Morgan fingerprint density at radius 2 is 1.39 bits per heavy atom. The smallest absolute Gasteiger partial charge is 0.407 e. The minimum atomic E-state index is -1.22. The van der Waals surface area contributed by atoms with Crippen molar-refractivity contribution in [3.8, 4) is 33.6 Å². The van der Waals surface area contributed by atoms with Crippen molar-refractivity contribution >= 4 is 35.0 Å². The molecule has 3 aromatic heterocycles. The molecule has 2 unspecified atom stereocenters. The van der Waals surface area contributed by atoms with Crippen LogP contribution < -0.4 is 10.6 Å². The van der Waals surface area contributed by atoms with E-state index in [1.54, 1.807) is 11.1 Å². The van der Waals surface area contributed by atoms with Crippen molar-refractivity contribution in [2.75, 3.05) is 20.2 Å². The maximum absolute atomic E-state index is 13.8. The van der Waals surface area contributed by atoms with Crippen LogP contribution in [0.25, 0.3) is 44.7 Å². The van der Waals surface area contributed by atoms with E-state index >= 15 is 0 Å². The first-order valence-electron chi connectivity index (χ1n) is 21.7. The molecule has 3 fully saturated rings. The molecular weight excluding hydrogens is 791 g/mol. The number of pyridine rings is 1. The zero-order valence-electron chi connectivity index (χ0n) is 35.6. The molecule has 4 aliphatic heterocycles. The van der Waals surface area contributed by atoms with Crippen molar-refractivity contribution in [3.05, 3.63) is 77.6 Å². The van der Waals surface area contributed by atoms with Crippen LogP contribution in [-0.2, 0) is 19.1 Å². The number of likely N-dealkylation sites (tertiary alicyclic amines) is 2. The summed E-state index contributed by atoms with van der Waals surface area (Å²) in [5.41, 5.74) is 9.76. The fourth-order valence-corrected chi connectivity index (χ4v) is 9.92. The van der Waals surface area contributed by atoms with Crippen molar-refractivity contribution in [1.29, 1.82) is 0 Å². The van der Waals surface area contributed by atoms with Crippen LogP contribution in [0.3, 0.4) is 0 Å². The van der Waals surface area contributed by atoms with E-state index in [1.165, 1.54) is 18.2 Å². The lowest BCUT2D eigenvalue weighted by atomic mass is 9.82. The second kappa shape index (κ2) is 16.5. The Kier molecular flexibility index (Phi) is 11.0. The molecule has 16 heteroatoms. The molecule has 6 atom stereocenters. The third-order valence-corrected chi connectivity index (χ3v) is 13.0. The van der Waals surface area contributed by atoms with Crippen molar-refractivity contribution < 1.29 is 33.8 Å². The third kappa shape index (κ3) is 7.43. The second-order valence-electron chi connectivity index (χ2n) is 17.6. The summed E-state index contributed by atoms with van der Waals surface area (Å²) in [6, 6.07) is 12.6. The molecule has 2 bridgehead atoms. The van der Waals surface area contributed by atoms with Crippen LogP contribution in [0, 0.1) is 11.8 Å². The predicted octanol–water partition coefficient (Wildman–Crippen LogP) is 7.59. The molecular formula is C46H53N9O7. The van der Waals surface area contributed by atoms with Gasteiger partial charge in [0.15, 0.2) is 0 Å². The number of aromatic amines is 2. The predicted molar refractivity (Wildman–Crippen MR) is 229 cm³/mol. The van der Waals surface area contributed by atoms with Gasteiger partial charge in [-0.15, -0.1) is 0 Å². The minimum absolute atomic E-state index is 0.0102. The van der Waals surface area contributed by atoms with E-state index in [2.05, 4.69) is 49.9 Å². The van der Waals surface area contributed by atoms with Gasteiger partial charge in [-0.1, -0.05) is 45.9 Å². The summed E-state index contributed by atoms with van der Waals surface area (Å²) < 4.78 is 11.3. The molecule has 5 N–H and O–H groups in total. The van der Waals surface area contributed by atoms with E-state index in [0.717, 1.165) is 89.0 Å². The molecule has 0 saturated carbocycles. The number of ether oxygens (including phenoxy) is 2. The van der Waals surface area contributed by atoms with Gasteiger partial charge in [-0.25, -0.2) is 19.6 Å². The van der Waals surface area contributed by atoms with Crippen LogP contribution in [0.2, 0.25) is 0 Å². The van der Waals surface area contributed by atoms with Gasteiger partial charge in [-0.3, -0.25) is 14.6 Å². The highest BCUT2D eigenvalue weighted by atomic mass is 16.5. The number of nitrogens with one attached hydrogen (secondary N) is 4. The number of fused-ring (bicyclic) bond motifs is 6. The standard InChI is InChI=1S/C46H53N9O7/c1-23(2)39(52-45(58)59)43(56)54-18-6-8-33(54)41-48-22-32(51-41)26-11-14-29(47-21-26)28-13-12-27(37-35-16-17-36(62-35)38(28)37)25-10-15-30-31(20-25)50-42(49-30)34-9-7-19-55(34)44(57)40(24(3)4)53-46(60)61-5/h10-15,20-24,33-36,39-40,52H,6-9,16-19H2,1-5H3,(H,48,51)(H,49,50)(H,53,60)(H,58,59)/t33-,34-,35?,36?,39-,40-/m0/s1. The van der Waals surface area contributed by atoms with Crippen molar-refractivity contribution in [1.82, 2.24) is 45.4 Å². The number of H-pyrrole nitrogens is 2. The van der Waals surface area contributed by atoms with Crippen LogP contribution in [0.4, 0.5) is 9.59 Å². The molecule has 5 aromatic rings. The highest BCUT2D eigenvalue weighted by Gasteiger charge is 2.43. The zero-order chi connectivity index (χ0) is 43.4. The molecule has 16 nitrogen and oxygen atoms in total. The number of benzene rings is 2. The lowest BCUT2D eigenvalue weighted by Gasteiger charge is -2.29. The molecule has 7 heterocycles. The number of imidazole rings is 2. The van der Waals surface area contributed by atoms with E-state index < -0.39 is 24.3 Å². The summed E-state index contributed by atoms with van der Waals surface area (Å²) in [4.78, 5) is 75.9. The fourth-order valence-electron chi connectivity index (χ4n) is 9.92. The zero-order valence-corrected chi connectivity index (χ0v) is 35.6. The number of carbonyl (C=O) groups excluding carboxylic acids is 3. The van der Waals surface area contributed by atoms with Gasteiger partial charge in [0, 0.05) is 30.4 Å². The average Bonchev–Trinajstić information content (AvgIpc) is 4.13. The van der Waals surface area contributed by atoms with Gasteiger partial charge in [0.2, 0.25) is 11.8 Å². The topological polar surface area (TPSA) is 208 Å². The van der Waals surface area contributed by atoms with E-state index in [4.69, 9.17) is 19.4 Å². The monoisotopic (exact) mass is 843 g/mol. The number of hydrogen-bond donors (Lipinski definition) is 5. The number of alkyl carbamates (subject to hydrolysis) is 1. The number of nitrogens with zero attached hydrogens (tertiary/aromatic N) is 5. The average molecular weight is 844 g/mol. The first-order valence-corrected chi connectivity index (χ1v) is 21.7. The highest BCUT2D eigenvalue weighted by Crippen LogP contribution is 2.56. The molecule has 324 valence electrons. The van der Waals surface area contributed by atoms with E-state index in [9.17, 15) is 24.3 Å². The van der Waals surface area contributed by atoms with Crippen LogP contribution in [0.5, 0.6) is 0 Å². The lowest BCUT2D eigenvalue weighted by molar-refractivity contribution is -0.136. The van der Waals surface area contributed by atoms with Gasteiger partial charge in [0.05, 0.1) is 60.0 Å². The van der Waals surface area contributed by atoms with Gasteiger partial charge in [0.1, 0.15) is 23.7 Å². The van der Waals surface area contributed by atoms with Crippen molar-refractivity contribution in [2.45, 2.75) is 103 Å². The number of carboxylic acid groups (broad SMARTS) is 1. The maximum atomic E-state index is 13.8. The fraction of sp³-hybridized carbons (Fsp3) is 0.457. The molecule has 0 aliphatic carbocycles. The van der Waals surface area contributed by atoms with Crippen LogP contribution >= 0.6 is 0 Å². The van der Waals surface area contributed by atoms with E-state index in [1.807, 2.05) is 57.0 Å². The molecule has 4 aliphatic rings. The Bertz CT molecular complexity index is 2530. The molecule has 0 radical (unpaired) electrons. The normalized spacial score (nSPS) is 21.5. The summed E-state index contributed by atoms with van der Waals surface area (Å²) >= 11 is 0. The van der Waals surface area contributed by atoms with E-state index in [0.29, 0.717) is 18.9 Å². The Hall–Kier alpha value is -6.29. The summed E-state index contributed by atoms with van der Waals surface area (Å²) in [5, 5.41) is 14.5. The Labute approximate surface area is 359 Å². The molecule has 0 spiro atoms. The molecule has 2 aromatic carbocycles. The largest absolute Gasteiger partial charge is 0.465 e. The summed E-state index contributed by atoms with van der Waals surface area (Å²) in [5.74, 6) is 0.691. The van der Waals surface area contributed by atoms with Gasteiger partial charge in [-0.2, -0.15) is 0 Å². The summed E-state index contributed by atoms with van der Waals surface area (Å²) in [6.07, 6.45) is 6.76.